The number of hydrogen-bond donors (Lipinski definition) is 2. The van der Waals surface area contributed by atoms with Gasteiger partial charge in [0.15, 0.2) is 5.65 Å². The van der Waals surface area contributed by atoms with E-state index < -0.39 is 20.0 Å². The highest BCUT2D eigenvalue weighted by Gasteiger charge is 2.27. The number of rotatable bonds is 5. The van der Waals surface area contributed by atoms with Gasteiger partial charge in [0.2, 0.25) is 26.0 Å². The van der Waals surface area contributed by atoms with E-state index in [0.29, 0.717) is 21.0 Å². The minimum Gasteiger partial charge on any atom is -0.324 e. The Morgan fingerprint density at radius 2 is 1.64 bits per heavy atom. The quantitative estimate of drug-likeness (QED) is 0.661. The molecule has 10 nitrogen and oxygen atoms in total. The van der Waals surface area contributed by atoms with Crippen molar-refractivity contribution in [2.75, 3.05) is 21.5 Å². The first kappa shape index (κ1) is 17.1. The van der Waals surface area contributed by atoms with Gasteiger partial charge in [0, 0.05) is 11.9 Å². The van der Waals surface area contributed by atoms with Gasteiger partial charge in [-0.15, -0.1) is 0 Å². The number of aromatic amines is 1. The van der Waals surface area contributed by atoms with Crippen LogP contribution in [0.15, 0.2) is 36.7 Å². The molecule has 0 radical (unpaired) electrons. The second-order valence-corrected chi connectivity index (χ2v) is 9.16. The van der Waals surface area contributed by atoms with Crippen molar-refractivity contribution in [3.05, 3.63) is 36.7 Å². The minimum absolute atomic E-state index is 0.0143. The van der Waals surface area contributed by atoms with E-state index >= 15 is 0 Å². The van der Waals surface area contributed by atoms with Gasteiger partial charge in [-0.2, -0.15) is 13.8 Å². The molecule has 0 unspecified atom stereocenters. The van der Waals surface area contributed by atoms with E-state index in [9.17, 15) is 16.8 Å². The molecule has 0 saturated carbocycles. The Labute approximate surface area is 144 Å². The van der Waals surface area contributed by atoms with Crippen molar-refractivity contribution in [2.24, 2.45) is 0 Å². The van der Waals surface area contributed by atoms with Gasteiger partial charge in [-0.25, -0.2) is 21.8 Å². The maximum absolute atomic E-state index is 11.8. The van der Waals surface area contributed by atoms with Crippen molar-refractivity contribution in [1.82, 2.24) is 20.2 Å². The lowest BCUT2D eigenvalue weighted by atomic mass is 10.3. The summed E-state index contributed by atoms with van der Waals surface area (Å²) in [7, 11) is -7.95. The monoisotopic (exact) mass is 382 g/mol. The zero-order chi connectivity index (χ0) is 18.2. The Hall–Kier alpha value is -2.73. The van der Waals surface area contributed by atoms with E-state index in [-0.39, 0.29) is 5.69 Å². The summed E-state index contributed by atoms with van der Waals surface area (Å²) in [5, 5.41) is 10.3. The molecule has 0 atom stereocenters. The largest absolute Gasteiger partial charge is 0.324 e. The number of H-pyrrole nitrogens is 1. The number of nitrogens with one attached hydrogen (secondary N) is 2. The van der Waals surface area contributed by atoms with Crippen molar-refractivity contribution in [1.29, 1.82) is 0 Å². The lowest BCUT2D eigenvalue weighted by molar-refractivity contribution is 0.590. The Morgan fingerprint density at radius 1 is 1.00 bits per heavy atom. The molecule has 0 saturated heterocycles. The predicted octanol–water partition coefficient (Wildman–Crippen LogP) is 0.822. The lowest BCUT2D eigenvalue weighted by Crippen LogP contribution is -2.35. The number of aromatic nitrogens is 4. The number of benzene rings is 1. The summed E-state index contributed by atoms with van der Waals surface area (Å²) >= 11 is 0. The first-order valence-corrected chi connectivity index (χ1v) is 10.6. The Bertz CT molecular complexity index is 1090. The molecule has 3 aromatic rings. The smallest absolute Gasteiger partial charge is 0.245 e. The average Bonchev–Trinajstić information content (AvgIpc) is 2.94. The van der Waals surface area contributed by atoms with E-state index in [4.69, 9.17) is 0 Å². The van der Waals surface area contributed by atoms with E-state index in [0.717, 1.165) is 17.9 Å². The molecule has 0 aliphatic rings. The normalized spacial score (nSPS) is 12.2. The first-order chi connectivity index (χ1) is 11.6. The molecule has 0 aliphatic heterocycles. The number of sulfonamides is 2. The van der Waals surface area contributed by atoms with Crippen molar-refractivity contribution < 1.29 is 16.8 Å². The molecule has 2 aromatic heterocycles. The van der Waals surface area contributed by atoms with Crippen molar-refractivity contribution >= 4 is 48.4 Å². The zero-order valence-corrected chi connectivity index (χ0v) is 14.8. The van der Waals surface area contributed by atoms with Crippen LogP contribution in [0, 0.1) is 0 Å². The van der Waals surface area contributed by atoms with Crippen molar-refractivity contribution in [3.8, 4) is 0 Å². The standard InChI is InChI=1S/C13H14N6O4S2/c1-24(20,21)19(25(2,22)23)11-5-3-10(4-6-11)16-13-14-7-9-8-15-18-12(9)17-13/h3-8H,1-2H3,(H2,14,15,16,17,18). The molecule has 1 aromatic carbocycles. The summed E-state index contributed by atoms with van der Waals surface area (Å²) in [4.78, 5) is 8.35. The maximum atomic E-state index is 11.8. The van der Waals surface area contributed by atoms with Gasteiger partial charge in [-0.05, 0) is 24.3 Å². The summed E-state index contributed by atoms with van der Waals surface area (Å²) in [5.74, 6) is 0.313. The fourth-order valence-electron chi connectivity index (χ4n) is 2.22. The highest BCUT2D eigenvalue weighted by atomic mass is 32.3. The molecule has 12 heteroatoms. The average molecular weight is 382 g/mol. The topological polar surface area (TPSA) is 138 Å². The summed E-state index contributed by atoms with van der Waals surface area (Å²) in [6, 6.07) is 5.80. The van der Waals surface area contributed by atoms with Gasteiger partial charge in [0.25, 0.3) is 0 Å². The number of anilines is 3. The van der Waals surface area contributed by atoms with E-state index in [1.807, 2.05) is 0 Å². The van der Waals surface area contributed by atoms with Crippen LogP contribution < -0.4 is 9.03 Å². The highest BCUT2D eigenvalue weighted by Crippen LogP contribution is 2.24. The first-order valence-electron chi connectivity index (χ1n) is 6.88. The summed E-state index contributed by atoms with van der Waals surface area (Å²) in [5.41, 5.74) is 1.14. The van der Waals surface area contributed by atoms with Gasteiger partial charge in [0.05, 0.1) is 29.8 Å². The van der Waals surface area contributed by atoms with Gasteiger partial charge < -0.3 is 5.32 Å². The van der Waals surface area contributed by atoms with Gasteiger partial charge in [-0.1, -0.05) is 0 Å². The van der Waals surface area contributed by atoms with Crippen LogP contribution >= 0.6 is 0 Å². The molecule has 25 heavy (non-hydrogen) atoms. The van der Waals surface area contributed by atoms with Crippen LogP contribution in [0.1, 0.15) is 0 Å². The molecule has 3 rings (SSSR count). The summed E-state index contributed by atoms with van der Waals surface area (Å²) < 4.78 is 47.4. The van der Waals surface area contributed by atoms with Crippen LogP contribution in [0.2, 0.25) is 0 Å². The SMILES string of the molecule is CS(=O)(=O)N(c1ccc(Nc2ncc3cn[nH]c3n2)cc1)S(C)(=O)=O. The summed E-state index contributed by atoms with van der Waals surface area (Å²) in [6.45, 7) is 0. The van der Waals surface area contributed by atoms with E-state index in [2.05, 4.69) is 25.5 Å². The third kappa shape index (κ3) is 3.69. The molecule has 0 fully saturated rings. The fraction of sp³-hybridized carbons (Fsp3) is 0.154. The van der Waals surface area contributed by atoms with Crippen molar-refractivity contribution in [2.45, 2.75) is 0 Å². The molecule has 0 amide bonds. The molecule has 2 N–H and O–H groups in total. The second-order valence-electron chi connectivity index (χ2n) is 5.26. The van der Waals surface area contributed by atoms with E-state index in [1.165, 1.54) is 24.3 Å². The van der Waals surface area contributed by atoms with Crippen LogP contribution in [0.3, 0.4) is 0 Å². The fourth-order valence-corrected chi connectivity index (χ4v) is 5.20. The van der Waals surface area contributed by atoms with E-state index in [1.54, 1.807) is 12.4 Å². The summed E-state index contributed by atoms with van der Waals surface area (Å²) in [6.07, 6.45) is 4.85. The highest BCUT2D eigenvalue weighted by molar-refractivity contribution is 8.09. The third-order valence-corrected chi connectivity index (χ3v) is 6.38. The molecular formula is C13H14N6O4S2. The van der Waals surface area contributed by atoms with Gasteiger partial charge in [0.1, 0.15) is 0 Å². The van der Waals surface area contributed by atoms with Crippen LogP contribution in [0.4, 0.5) is 17.3 Å². The molecular weight excluding hydrogens is 368 g/mol. The van der Waals surface area contributed by atoms with Gasteiger partial charge >= 0.3 is 0 Å². The second kappa shape index (κ2) is 5.97. The minimum atomic E-state index is -3.98. The third-order valence-electron chi connectivity index (χ3n) is 3.13. The molecule has 0 aliphatic carbocycles. The zero-order valence-electron chi connectivity index (χ0n) is 13.2. The van der Waals surface area contributed by atoms with Crippen LogP contribution in [-0.2, 0) is 20.0 Å². The number of fused-ring (bicyclic) bond motifs is 1. The number of nitrogens with zero attached hydrogens (tertiary/aromatic N) is 4. The van der Waals surface area contributed by atoms with Crippen LogP contribution in [-0.4, -0.2) is 49.5 Å². The van der Waals surface area contributed by atoms with Crippen LogP contribution in [0.5, 0.6) is 0 Å². The Morgan fingerprint density at radius 3 is 2.24 bits per heavy atom. The van der Waals surface area contributed by atoms with Gasteiger partial charge in [-0.3, -0.25) is 5.10 Å². The molecule has 0 spiro atoms. The maximum Gasteiger partial charge on any atom is 0.245 e. The molecule has 132 valence electrons. The Kier molecular flexibility index (Phi) is 4.08. The van der Waals surface area contributed by atoms with Crippen molar-refractivity contribution in [3.63, 3.8) is 0 Å². The Balaban J connectivity index is 1.88. The number of hydrogen-bond acceptors (Lipinski definition) is 8. The van der Waals surface area contributed by atoms with Crippen LogP contribution in [0.25, 0.3) is 11.0 Å². The predicted molar refractivity (Wildman–Crippen MR) is 93.6 cm³/mol. The molecule has 0 bridgehead atoms. The lowest BCUT2D eigenvalue weighted by Gasteiger charge is -2.19. The molecule has 2 heterocycles.